The number of nitrogen functional groups attached to an aromatic ring is 1. The standard InChI is InChI=1S/C22H30N8O2/c1-16(28-17-7-8-20(24-13-17)32-18-5-3-4-6-18)29-9-11-30(12-10-29)22-19(14-27-31-2)21(23)25-15-26-22/h7-8,13-15,18,28H,1,3-6,9-12H2,2H3,(H2,23,25,26)/b27-14+. The van der Waals surface area contributed by atoms with Gasteiger partial charge in [0.15, 0.2) is 0 Å². The Bertz CT molecular complexity index is 935. The molecule has 0 bridgehead atoms. The van der Waals surface area contributed by atoms with Crippen molar-refractivity contribution in [3.63, 3.8) is 0 Å². The van der Waals surface area contributed by atoms with Gasteiger partial charge in [-0.15, -0.1) is 0 Å². The third kappa shape index (κ3) is 5.19. The van der Waals surface area contributed by atoms with Gasteiger partial charge in [0.1, 0.15) is 31.2 Å². The average molecular weight is 439 g/mol. The summed E-state index contributed by atoms with van der Waals surface area (Å²) in [6, 6.07) is 3.89. The molecule has 0 unspecified atom stereocenters. The zero-order chi connectivity index (χ0) is 22.3. The molecule has 2 aromatic rings. The zero-order valence-electron chi connectivity index (χ0n) is 18.4. The molecule has 1 aliphatic heterocycles. The third-order valence-electron chi connectivity index (χ3n) is 5.76. The molecule has 2 aliphatic rings. The fourth-order valence-electron chi connectivity index (χ4n) is 4.02. The minimum atomic E-state index is 0.305. The summed E-state index contributed by atoms with van der Waals surface area (Å²) in [6.07, 6.45) is 9.82. The Kier molecular flexibility index (Phi) is 6.88. The van der Waals surface area contributed by atoms with Gasteiger partial charge in [-0.1, -0.05) is 11.7 Å². The van der Waals surface area contributed by atoms with Crippen molar-refractivity contribution in [2.45, 2.75) is 31.8 Å². The lowest BCUT2D eigenvalue weighted by molar-refractivity contribution is 0.201. The van der Waals surface area contributed by atoms with Crippen LogP contribution in [0.15, 0.2) is 42.2 Å². The number of pyridine rings is 1. The van der Waals surface area contributed by atoms with Crippen LogP contribution in [0, 0.1) is 0 Å². The van der Waals surface area contributed by atoms with Gasteiger partial charge in [-0.2, -0.15) is 0 Å². The largest absolute Gasteiger partial charge is 0.474 e. The second-order valence-corrected chi connectivity index (χ2v) is 7.87. The molecule has 2 aromatic heterocycles. The van der Waals surface area contributed by atoms with Crippen molar-refractivity contribution in [2.24, 2.45) is 5.16 Å². The lowest BCUT2D eigenvalue weighted by Gasteiger charge is -2.38. The Morgan fingerprint density at radius 2 is 1.97 bits per heavy atom. The maximum Gasteiger partial charge on any atom is 0.213 e. The third-order valence-corrected chi connectivity index (χ3v) is 5.76. The molecule has 170 valence electrons. The van der Waals surface area contributed by atoms with E-state index in [1.54, 1.807) is 12.4 Å². The van der Waals surface area contributed by atoms with Crippen LogP contribution < -0.4 is 20.7 Å². The summed E-state index contributed by atoms with van der Waals surface area (Å²) in [6.45, 7) is 7.30. The van der Waals surface area contributed by atoms with Gasteiger partial charge in [0, 0.05) is 32.2 Å². The number of piperazine rings is 1. The SMILES string of the molecule is C=C(Nc1ccc(OC2CCCC2)nc1)N1CCN(c2ncnc(N)c2/C=N/OC)CC1. The predicted octanol–water partition coefficient (Wildman–Crippen LogP) is 2.46. The number of hydrogen-bond donors (Lipinski definition) is 2. The summed E-state index contributed by atoms with van der Waals surface area (Å²) in [4.78, 5) is 22.0. The Hall–Kier alpha value is -3.56. The van der Waals surface area contributed by atoms with E-state index < -0.39 is 0 Å². The minimum absolute atomic E-state index is 0.305. The van der Waals surface area contributed by atoms with Gasteiger partial charge >= 0.3 is 0 Å². The van der Waals surface area contributed by atoms with Crippen LogP contribution in [0.25, 0.3) is 0 Å². The smallest absolute Gasteiger partial charge is 0.213 e. The summed E-state index contributed by atoms with van der Waals surface area (Å²) < 4.78 is 5.93. The first-order valence-electron chi connectivity index (χ1n) is 10.9. The van der Waals surface area contributed by atoms with E-state index in [0.29, 0.717) is 23.4 Å². The molecule has 3 heterocycles. The topological polar surface area (TPSA) is 114 Å². The molecule has 1 saturated carbocycles. The molecule has 1 aliphatic carbocycles. The molecule has 0 radical (unpaired) electrons. The molecule has 1 saturated heterocycles. The van der Waals surface area contributed by atoms with Gasteiger partial charge < -0.3 is 30.4 Å². The van der Waals surface area contributed by atoms with Gasteiger partial charge in [-0.05, 0) is 31.7 Å². The van der Waals surface area contributed by atoms with E-state index in [4.69, 9.17) is 15.3 Å². The molecular formula is C22H30N8O2. The molecule has 10 nitrogen and oxygen atoms in total. The number of anilines is 3. The highest BCUT2D eigenvalue weighted by atomic mass is 16.6. The van der Waals surface area contributed by atoms with Crippen molar-refractivity contribution in [1.82, 2.24) is 19.9 Å². The fourth-order valence-corrected chi connectivity index (χ4v) is 4.02. The van der Waals surface area contributed by atoms with Crippen LogP contribution in [0.3, 0.4) is 0 Å². The van der Waals surface area contributed by atoms with Gasteiger partial charge in [0.2, 0.25) is 5.88 Å². The highest BCUT2D eigenvalue weighted by Gasteiger charge is 2.22. The molecule has 32 heavy (non-hydrogen) atoms. The van der Waals surface area contributed by atoms with E-state index in [-0.39, 0.29) is 0 Å². The number of aromatic nitrogens is 3. The fraction of sp³-hybridized carbons (Fsp3) is 0.455. The number of oxime groups is 1. The van der Waals surface area contributed by atoms with Crippen molar-refractivity contribution < 1.29 is 9.57 Å². The maximum atomic E-state index is 6.01. The Balaban J connectivity index is 1.31. The van der Waals surface area contributed by atoms with Crippen LogP contribution in [0.5, 0.6) is 5.88 Å². The Morgan fingerprint density at radius 3 is 2.66 bits per heavy atom. The van der Waals surface area contributed by atoms with Crippen LogP contribution in [0.1, 0.15) is 31.2 Å². The molecule has 0 spiro atoms. The lowest BCUT2D eigenvalue weighted by Crippen LogP contribution is -2.47. The number of rotatable bonds is 8. The van der Waals surface area contributed by atoms with Crippen LogP contribution in [-0.4, -0.2) is 65.5 Å². The van der Waals surface area contributed by atoms with E-state index in [0.717, 1.165) is 56.3 Å². The summed E-state index contributed by atoms with van der Waals surface area (Å²) >= 11 is 0. The van der Waals surface area contributed by atoms with Crippen molar-refractivity contribution in [3.05, 3.63) is 42.6 Å². The van der Waals surface area contributed by atoms with Crippen LogP contribution in [0.2, 0.25) is 0 Å². The van der Waals surface area contributed by atoms with E-state index >= 15 is 0 Å². The minimum Gasteiger partial charge on any atom is -0.474 e. The Morgan fingerprint density at radius 1 is 1.19 bits per heavy atom. The molecular weight excluding hydrogens is 408 g/mol. The number of nitrogens with one attached hydrogen (secondary N) is 1. The molecule has 2 fully saturated rings. The van der Waals surface area contributed by atoms with E-state index in [1.807, 2.05) is 12.1 Å². The quantitative estimate of drug-likeness (QED) is 0.474. The van der Waals surface area contributed by atoms with Crippen LogP contribution in [-0.2, 0) is 4.84 Å². The van der Waals surface area contributed by atoms with Crippen molar-refractivity contribution in [3.8, 4) is 5.88 Å². The monoisotopic (exact) mass is 438 g/mol. The maximum absolute atomic E-state index is 6.01. The highest BCUT2D eigenvalue weighted by molar-refractivity contribution is 5.91. The summed E-state index contributed by atoms with van der Waals surface area (Å²) in [7, 11) is 1.49. The van der Waals surface area contributed by atoms with E-state index in [2.05, 4.69) is 41.8 Å². The van der Waals surface area contributed by atoms with Gasteiger partial charge in [0.25, 0.3) is 0 Å². The van der Waals surface area contributed by atoms with Crippen molar-refractivity contribution in [2.75, 3.05) is 49.2 Å². The second-order valence-electron chi connectivity index (χ2n) is 7.87. The highest BCUT2D eigenvalue weighted by Crippen LogP contribution is 2.25. The van der Waals surface area contributed by atoms with Gasteiger partial charge in [0.05, 0.1) is 29.5 Å². The van der Waals surface area contributed by atoms with Crippen LogP contribution in [0.4, 0.5) is 17.3 Å². The van der Waals surface area contributed by atoms with Crippen molar-refractivity contribution in [1.29, 1.82) is 0 Å². The second kappa shape index (κ2) is 10.2. The first-order chi connectivity index (χ1) is 15.6. The number of ether oxygens (including phenoxy) is 1. The molecule has 4 rings (SSSR count). The molecule has 0 amide bonds. The van der Waals surface area contributed by atoms with Crippen LogP contribution >= 0.6 is 0 Å². The normalized spacial score (nSPS) is 17.0. The number of nitrogens with zero attached hydrogens (tertiary/aromatic N) is 6. The first kappa shape index (κ1) is 21.7. The molecule has 0 aromatic carbocycles. The van der Waals surface area contributed by atoms with Gasteiger partial charge in [-0.3, -0.25) is 0 Å². The first-order valence-corrected chi connectivity index (χ1v) is 10.9. The summed E-state index contributed by atoms with van der Waals surface area (Å²) in [5.41, 5.74) is 7.56. The lowest BCUT2D eigenvalue weighted by atomic mass is 10.2. The van der Waals surface area contributed by atoms with E-state index in [9.17, 15) is 0 Å². The molecule has 3 N–H and O–H groups in total. The van der Waals surface area contributed by atoms with Crippen molar-refractivity contribution >= 4 is 23.5 Å². The Labute approximate surface area is 188 Å². The van der Waals surface area contributed by atoms with Gasteiger partial charge in [-0.25, -0.2) is 15.0 Å². The zero-order valence-corrected chi connectivity index (χ0v) is 18.4. The summed E-state index contributed by atoms with van der Waals surface area (Å²) in [5.74, 6) is 2.63. The number of hydrogen-bond acceptors (Lipinski definition) is 10. The average Bonchev–Trinajstić information content (AvgIpc) is 3.32. The predicted molar refractivity (Wildman–Crippen MR) is 125 cm³/mol. The van der Waals surface area contributed by atoms with E-state index in [1.165, 1.54) is 26.3 Å². The number of nitrogens with two attached hydrogens (primary N) is 1. The summed E-state index contributed by atoms with van der Waals surface area (Å²) in [5, 5.41) is 7.17. The molecule has 10 heteroatoms. The molecule has 0 atom stereocenters.